The van der Waals surface area contributed by atoms with Crippen LogP contribution in [-0.4, -0.2) is 71.5 Å². The summed E-state index contributed by atoms with van der Waals surface area (Å²) in [6.45, 7) is 1.70. The van der Waals surface area contributed by atoms with Crippen molar-refractivity contribution in [3.63, 3.8) is 0 Å². The van der Waals surface area contributed by atoms with Gasteiger partial charge in [0.2, 0.25) is 0 Å². The molecule has 1 saturated heterocycles. The van der Waals surface area contributed by atoms with Gasteiger partial charge in [0.05, 0.1) is 29.9 Å². The largest absolute Gasteiger partial charge is 0.491 e. The first-order chi connectivity index (χ1) is 14.9. The third-order valence-corrected chi connectivity index (χ3v) is 5.97. The molecule has 0 aliphatic carbocycles. The molecule has 2 heterocycles. The van der Waals surface area contributed by atoms with Crippen LogP contribution in [0.25, 0.3) is 17.0 Å². The van der Waals surface area contributed by atoms with Gasteiger partial charge in [0.25, 0.3) is 5.91 Å². The maximum absolute atomic E-state index is 12.5. The Bertz CT molecular complexity index is 930. The number of halogens is 3. The van der Waals surface area contributed by atoms with Crippen LogP contribution >= 0.6 is 35.6 Å². The first-order valence-electron chi connectivity index (χ1n) is 10.1. The second kappa shape index (κ2) is 12.5. The number of benzene rings is 1. The molecule has 4 N–H and O–H groups in total. The van der Waals surface area contributed by atoms with E-state index in [4.69, 9.17) is 33.0 Å². The Balaban J connectivity index is 0.00000363. The van der Waals surface area contributed by atoms with Gasteiger partial charge in [0, 0.05) is 42.3 Å². The first-order valence-corrected chi connectivity index (χ1v) is 10.9. The highest BCUT2D eigenvalue weighted by atomic mass is 35.5. The van der Waals surface area contributed by atoms with Gasteiger partial charge >= 0.3 is 0 Å². The second-order valence-electron chi connectivity index (χ2n) is 7.56. The first kappa shape index (κ1) is 26.5. The summed E-state index contributed by atoms with van der Waals surface area (Å²) in [5.41, 5.74) is 1.72. The molecule has 7 nitrogen and oxygen atoms in total. The van der Waals surface area contributed by atoms with E-state index < -0.39 is 6.10 Å². The van der Waals surface area contributed by atoms with Gasteiger partial charge in [-0.1, -0.05) is 29.3 Å². The highest BCUT2D eigenvalue weighted by molar-refractivity contribution is 6.42. The van der Waals surface area contributed by atoms with E-state index in [0.717, 1.165) is 42.5 Å². The molecule has 1 unspecified atom stereocenters. The lowest BCUT2D eigenvalue weighted by atomic mass is 10.0. The predicted octanol–water partition coefficient (Wildman–Crippen LogP) is 3.37. The van der Waals surface area contributed by atoms with E-state index in [2.05, 4.69) is 15.2 Å². The van der Waals surface area contributed by atoms with Crippen molar-refractivity contribution in [1.82, 2.24) is 15.2 Å². The van der Waals surface area contributed by atoms with Gasteiger partial charge in [0.15, 0.2) is 5.76 Å². The summed E-state index contributed by atoms with van der Waals surface area (Å²) in [7, 11) is 1.46. The van der Waals surface area contributed by atoms with Crippen LogP contribution < -0.4 is 5.32 Å². The normalized spacial score (nSPS) is 16.8. The number of rotatable bonds is 8. The number of aliphatic hydroxyl groups excluding tert-OH is 2. The molecule has 1 aliphatic rings. The number of β-amino-alcohol motifs (C(OH)–C–C–N with tert-alkyl or cyclic N) is 1. The summed E-state index contributed by atoms with van der Waals surface area (Å²) in [6.07, 6.45) is 6.01. The molecular formula is C22H28Cl3N3O4. The molecule has 1 aliphatic heterocycles. The molecule has 1 aromatic heterocycles. The van der Waals surface area contributed by atoms with E-state index in [1.807, 2.05) is 12.1 Å². The molecule has 1 amide bonds. The summed E-state index contributed by atoms with van der Waals surface area (Å²) in [4.78, 5) is 17.9. The Labute approximate surface area is 203 Å². The van der Waals surface area contributed by atoms with Crippen molar-refractivity contribution in [3.8, 4) is 0 Å². The highest BCUT2D eigenvalue weighted by Gasteiger charge is 2.23. The van der Waals surface area contributed by atoms with Crippen molar-refractivity contribution < 1.29 is 19.7 Å². The average molecular weight is 505 g/mol. The lowest BCUT2D eigenvalue weighted by molar-refractivity contribution is -0.121. The number of piperidine rings is 1. The molecule has 1 atom stereocenters. The van der Waals surface area contributed by atoms with Crippen LogP contribution in [0, 0.1) is 0 Å². The SMILES string of the molecule is CO/C(=C\C=C\c1cc2cc(Cl)c(Cl)cc2[nH]1)C(=O)NC1CCN(CC(O)CO)CC1.Cl. The molecule has 0 bridgehead atoms. The summed E-state index contributed by atoms with van der Waals surface area (Å²) >= 11 is 12.1. The summed E-state index contributed by atoms with van der Waals surface area (Å²) in [5, 5.41) is 23.4. The third kappa shape index (κ3) is 7.13. The number of aromatic nitrogens is 1. The summed E-state index contributed by atoms with van der Waals surface area (Å²) in [6, 6.07) is 5.56. The second-order valence-corrected chi connectivity index (χ2v) is 8.37. The van der Waals surface area contributed by atoms with Gasteiger partial charge in [-0.25, -0.2) is 0 Å². The number of hydrogen-bond donors (Lipinski definition) is 4. The minimum atomic E-state index is -0.729. The smallest absolute Gasteiger partial charge is 0.286 e. The van der Waals surface area contributed by atoms with E-state index >= 15 is 0 Å². The Hall–Kier alpha value is -1.74. The Morgan fingerprint density at radius 2 is 2.00 bits per heavy atom. The molecule has 0 spiro atoms. The van der Waals surface area contributed by atoms with Crippen molar-refractivity contribution >= 4 is 58.5 Å². The van der Waals surface area contributed by atoms with Crippen LogP contribution in [-0.2, 0) is 9.53 Å². The number of allylic oxidation sites excluding steroid dienone is 2. The van der Waals surface area contributed by atoms with Crippen LogP contribution in [0.15, 0.2) is 36.1 Å². The number of H-pyrrole nitrogens is 1. The number of nitrogens with one attached hydrogen (secondary N) is 2. The van der Waals surface area contributed by atoms with Crippen molar-refractivity contribution in [1.29, 1.82) is 0 Å². The minimum absolute atomic E-state index is 0. The number of likely N-dealkylation sites (tertiary alicyclic amines) is 1. The van der Waals surface area contributed by atoms with E-state index in [0.29, 0.717) is 16.6 Å². The zero-order valence-electron chi connectivity index (χ0n) is 17.7. The zero-order valence-corrected chi connectivity index (χ0v) is 20.0. The zero-order chi connectivity index (χ0) is 22.4. The van der Waals surface area contributed by atoms with Crippen molar-refractivity contribution in [2.45, 2.75) is 25.0 Å². The quantitative estimate of drug-likeness (QED) is 0.251. The van der Waals surface area contributed by atoms with E-state index in [1.165, 1.54) is 7.11 Å². The lowest BCUT2D eigenvalue weighted by Crippen LogP contribution is -2.47. The molecular weight excluding hydrogens is 477 g/mol. The van der Waals surface area contributed by atoms with Crippen molar-refractivity contribution in [2.24, 2.45) is 0 Å². The molecule has 2 aromatic rings. The number of carbonyl (C=O) groups excluding carboxylic acids is 1. The number of carbonyl (C=O) groups is 1. The molecule has 1 fully saturated rings. The topological polar surface area (TPSA) is 97.8 Å². The minimum Gasteiger partial charge on any atom is -0.491 e. The summed E-state index contributed by atoms with van der Waals surface area (Å²) in [5.74, 6) is -0.0483. The molecule has 176 valence electrons. The number of fused-ring (bicyclic) bond motifs is 1. The Morgan fingerprint density at radius 3 is 2.66 bits per heavy atom. The number of hydrogen-bond acceptors (Lipinski definition) is 5. The maximum atomic E-state index is 12.5. The monoisotopic (exact) mass is 503 g/mol. The fraction of sp³-hybridized carbons (Fsp3) is 0.409. The van der Waals surface area contributed by atoms with Gasteiger partial charge < -0.3 is 30.2 Å². The van der Waals surface area contributed by atoms with E-state index in [1.54, 1.807) is 24.3 Å². The molecule has 32 heavy (non-hydrogen) atoms. The molecule has 10 heteroatoms. The number of aliphatic hydroxyl groups is 2. The van der Waals surface area contributed by atoms with E-state index in [9.17, 15) is 9.90 Å². The highest BCUT2D eigenvalue weighted by Crippen LogP contribution is 2.28. The fourth-order valence-electron chi connectivity index (χ4n) is 3.59. The van der Waals surface area contributed by atoms with Crippen LogP contribution in [0.5, 0.6) is 0 Å². The molecule has 1 aromatic carbocycles. The average Bonchev–Trinajstić information content (AvgIpc) is 3.14. The van der Waals surface area contributed by atoms with Crippen molar-refractivity contribution in [2.75, 3.05) is 33.4 Å². The fourth-order valence-corrected chi connectivity index (χ4v) is 3.92. The number of ether oxygens (including phenoxy) is 1. The van der Waals surface area contributed by atoms with Gasteiger partial charge in [0.1, 0.15) is 0 Å². The van der Waals surface area contributed by atoms with Crippen LogP contribution in [0.2, 0.25) is 10.0 Å². The van der Waals surface area contributed by atoms with Crippen LogP contribution in [0.3, 0.4) is 0 Å². The van der Waals surface area contributed by atoms with Crippen molar-refractivity contribution in [3.05, 3.63) is 51.8 Å². The van der Waals surface area contributed by atoms with Gasteiger partial charge in [-0.3, -0.25) is 4.79 Å². The number of aromatic amines is 1. The number of methoxy groups -OCH3 is 1. The number of amides is 1. The predicted molar refractivity (Wildman–Crippen MR) is 130 cm³/mol. The standard InChI is InChI=1S/C22H27Cl2N3O4.ClH/c1-31-21(22(30)26-15-5-7-27(8-6-15)12-17(29)13-28)4-2-3-16-9-14-10-18(23)19(24)11-20(14)25-16;/h2-4,9-11,15,17,25,28-29H,5-8,12-13H2,1H3,(H,26,30);1H/b3-2+,21-4-;. The van der Waals surface area contributed by atoms with E-state index in [-0.39, 0.29) is 36.7 Å². The molecule has 0 radical (unpaired) electrons. The van der Waals surface area contributed by atoms with Gasteiger partial charge in [-0.2, -0.15) is 0 Å². The molecule has 3 rings (SSSR count). The Kier molecular flexibility index (Phi) is 10.3. The summed E-state index contributed by atoms with van der Waals surface area (Å²) < 4.78 is 5.25. The molecule has 0 saturated carbocycles. The maximum Gasteiger partial charge on any atom is 0.286 e. The van der Waals surface area contributed by atoms with Crippen LogP contribution in [0.4, 0.5) is 0 Å². The lowest BCUT2D eigenvalue weighted by Gasteiger charge is -2.33. The van der Waals surface area contributed by atoms with Crippen LogP contribution in [0.1, 0.15) is 18.5 Å². The third-order valence-electron chi connectivity index (χ3n) is 5.25. The van der Waals surface area contributed by atoms with Gasteiger partial charge in [-0.05, 0) is 43.2 Å². The number of nitrogens with zero attached hydrogens (tertiary/aromatic N) is 1. The Morgan fingerprint density at radius 1 is 1.31 bits per heavy atom. The van der Waals surface area contributed by atoms with Gasteiger partial charge in [-0.15, -0.1) is 12.4 Å².